The van der Waals surface area contributed by atoms with Crippen molar-refractivity contribution in [3.8, 4) is 0 Å². The fourth-order valence-electron chi connectivity index (χ4n) is 3.40. The molecule has 0 spiro atoms. The van der Waals surface area contributed by atoms with E-state index in [0.717, 1.165) is 16.8 Å². The van der Waals surface area contributed by atoms with Crippen molar-refractivity contribution in [2.75, 3.05) is 11.9 Å². The molecule has 1 aliphatic rings. The lowest BCUT2D eigenvalue weighted by Gasteiger charge is -2.32. The fourth-order valence-corrected chi connectivity index (χ4v) is 3.65. The molecule has 1 unspecified atom stereocenters. The zero-order valence-corrected chi connectivity index (χ0v) is 17.2. The minimum Gasteiger partial charge on any atom is -0.448 e. The fraction of sp³-hybridized carbons (Fsp3) is 0.368. The zero-order valence-electron chi connectivity index (χ0n) is 16.5. The molecule has 0 radical (unpaired) electrons. The first-order valence-corrected chi connectivity index (χ1v) is 9.54. The number of aromatic nitrogens is 2. The molecule has 8 nitrogen and oxygen atoms in total. The molecule has 1 N–H and O–H groups in total. The highest BCUT2D eigenvalue weighted by molar-refractivity contribution is 6.62. The number of anilines is 1. The van der Waals surface area contributed by atoms with E-state index in [2.05, 4.69) is 10.4 Å². The highest BCUT2D eigenvalue weighted by Crippen LogP contribution is 2.44. The average Bonchev–Trinajstić information content (AvgIpc) is 3.17. The summed E-state index contributed by atoms with van der Waals surface area (Å²) in [5.74, 6) is -2.90. The number of benzene rings is 1. The van der Waals surface area contributed by atoms with Gasteiger partial charge in [-0.1, -0.05) is 6.92 Å². The van der Waals surface area contributed by atoms with E-state index in [1.165, 1.54) is 4.90 Å². The molecule has 11 heteroatoms. The van der Waals surface area contributed by atoms with Crippen molar-refractivity contribution in [2.45, 2.75) is 39.3 Å². The molecule has 0 saturated carbocycles. The molecular formula is C19H19ClF2N4O4. The van der Waals surface area contributed by atoms with E-state index in [9.17, 15) is 23.2 Å². The standard InChI is InChI=1S/C19H19ClF2N4O4/c1-4-19(3)14-12(9-25(19)17(20)28)15(26(24-14)18(29)30-5-2)23-16(27)11-7-6-10(21)8-13(11)22/h6-8H,4-5,9H2,1-3H3,(H,23,27). The Kier molecular flexibility index (Phi) is 5.80. The Morgan fingerprint density at radius 1 is 1.30 bits per heavy atom. The maximum atomic E-state index is 14.0. The number of halogens is 3. The summed E-state index contributed by atoms with van der Waals surface area (Å²) in [6.07, 6.45) is -0.429. The molecule has 0 bridgehead atoms. The van der Waals surface area contributed by atoms with Crippen LogP contribution < -0.4 is 5.32 Å². The number of hydrogen-bond donors (Lipinski definition) is 1. The summed E-state index contributed by atoms with van der Waals surface area (Å²) in [5.41, 5.74) is -0.616. The molecule has 1 aliphatic heterocycles. The van der Waals surface area contributed by atoms with Crippen molar-refractivity contribution in [1.82, 2.24) is 14.7 Å². The molecule has 1 aromatic heterocycles. The third-order valence-electron chi connectivity index (χ3n) is 5.15. The lowest BCUT2D eigenvalue weighted by molar-refractivity contribution is 0.102. The number of fused-ring (bicyclic) bond motifs is 1. The third-order valence-corrected chi connectivity index (χ3v) is 5.36. The van der Waals surface area contributed by atoms with Crippen LogP contribution in [0.4, 0.5) is 24.2 Å². The molecular weight excluding hydrogens is 422 g/mol. The van der Waals surface area contributed by atoms with E-state index < -0.39 is 40.1 Å². The summed E-state index contributed by atoms with van der Waals surface area (Å²) in [4.78, 5) is 38.4. The Morgan fingerprint density at radius 3 is 2.57 bits per heavy atom. The topological polar surface area (TPSA) is 93.5 Å². The van der Waals surface area contributed by atoms with E-state index in [1.807, 2.05) is 6.92 Å². The van der Waals surface area contributed by atoms with Crippen molar-refractivity contribution in [3.63, 3.8) is 0 Å². The third kappa shape index (κ3) is 3.51. The van der Waals surface area contributed by atoms with Crippen LogP contribution in [0.25, 0.3) is 0 Å². The lowest BCUT2D eigenvalue weighted by Crippen LogP contribution is -2.40. The van der Waals surface area contributed by atoms with Crippen molar-refractivity contribution in [2.24, 2.45) is 0 Å². The number of nitrogens with zero attached hydrogens (tertiary/aromatic N) is 3. The van der Waals surface area contributed by atoms with Gasteiger partial charge in [-0.15, -0.1) is 4.68 Å². The normalized spacial score (nSPS) is 17.6. The number of nitrogens with one attached hydrogen (secondary N) is 1. The predicted molar refractivity (Wildman–Crippen MR) is 103 cm³/mol. The average molecular weight is 441 g/mol. The zero-order chi connectivity index (χ0) is 22.2. The highest BCUT2D eigenvalue weighted by Gasteiger charge is 2.47. The van der Waals surface area contributed by atoms with Crippen molar-refractivity contribution in [3.05, 3.63) is 46.7 Å². The van der Waals surface area contributed by atoms with Crippen molar-refractivity contribution >= 4 is 34.8 Å². The smallest absolute Gasteiger partial charge is 0.436 e. The summed E-state index contributed by atoms with van der Waals surface area (Å²) in [7, 11) is 0. The first-order chi connectivity index (χ1) is 14.1. The first-order valence-electron chi connectivity index (χ1n) is 9.17. The van der Waals surface area contributed by atoms with E-state index in [0.29, 0.717) is 23.7 Å². The van der Waals surface area contributed by atoms with Gasteiger partial charge in [0.25, 0.3) is 5.91 Å². The van der Waals surface area contributed by atoms with Crippen LogP contribution >= 0.6 is 11.6 Å². The largest absolute Gasteiger partial charge is 0.448 e. The number of ether oxygens (including phenoxy) is 1. The monoisotopic (exact) mass is 440 g/mol. The molecule has 2 amide bonds. The SMILES string of the molecule is CCOC(=O)n1nc2c(c1NC(=O)c1ccc(F)cc1F)CN(C(=O)Cl)C2(C)CC. The maximum Gasteiger partial charge on any atom is 0.436 e. The molecule has 1 aromatic carbocycles. The number of carbonyl (C=O) groups excluding carboxylic acids is 3. The van der Waals surface area contributed by atoms with Crippen LogP contribution in [0.3, 0.4) is 0 Å². The van der Waals surface area contributed by atoms with E-state index in [-0.39, 0.29) is 19.0 Å². The van der Waals surface area contributed by atoms with Crippen LogP contribution in [-0.2, 0) is 16.8 Å². The van der Waals surface area contributed by atoms with Gasteiger partial charge in [0.05, 0.1) is 29.9 Å². The predicted octanol–water partition coefficient (Wildman–Crippen LogP) is 4.22. The molecule has 30 heavy (non-hydrogen) atoms. The molecule has 0 aliphatic carbocycles. The van der Waals surface area contributed by atoms with Crippen LogP contribution in [0.5, 0.6) is 0 Å². The minimum atomic E-state index is -1.07. The summed E-state index contributed by atoms with van der Waals surface area (Å²) < 4.78 is 33.1. The van der Waals surface area contributed by atoms with Gasteiger partial charge in [0.1, 0.15) is 17.5 Å². The summed E-state index contributed by atoms with van der Waals surface area (Å²) in [6, 6.07) is 2.49. The Bertz CT molecular complexity index is 1040. The highest BCUT2D eigenvalue weighted by atomic mass is 35.5. The second-order valence-electron chi connectivity index (χ2n) is 6.83. The number of hydrogen-bond acceptors (Lipinski definition) is 5. The Morgan fingerprint density at radius 2 is 2.00 bits per heavy atom. The van der Waals surface area contributed by atoms with Crippen LogP contribution in [0.1, 0.15) is 48.8 Å². The van der Waals surface area contributed by atoms with Gasteiger partial charge in [0.15, 0.2) is 0 Å². The molecule has 2 heterocycles. The van der Waals surface area contributed by atoms with Crippen LogP contribution in [-0.4, -0.2) is 38.7 Å². The Labute approximate surface area is 175 Å². The molecule has 1 atom stereocenters. The Balaban J connectivity index is 2.09. The van der Waals surface area contributed by atoms with Crippen LogP contribution in [0, 0.1) is 11.6 Å². The van der Waals surface area contributed by atoms with Gasteiger partial charge in [-0.2, -0.15) is 5.10 Å². The number of amides is 2. The van der Waals surface area contributed by atoms with E-state index in [4.69, 9.17) is 16.3 Å². The molecule has 2 aromatic rings. The van der Waals surface area contributed by atoms with Gasteiger partial charge in [-0.3, -0.25) is 9.59 Å². The van der Waals surface area contributed by atoms with Crippen molar-refractivity contribution in [1.29, 1.82) is 0 Å². The minimum absolute atomic E-state index is 0.0249. The Hall–Kier alpha value is -3.01. The summed E-state index contributed by atoms with van der Waals surface area (Å²) >= 11 is 5.72. The van der Waals surface area contributed by atoms with Crippen LogP contribution in [0.15, 0.2) is 18.2 Å². The quantitative estimate of drug-likeness (QED) is 0.567. The second kappa shape index (κ2) is 8.02. The summed E-state index contributed by atoms with van der Waals surface area (Å²) in [5, 5.41) is 6.00. The first kappa shape index (κ1) is 21.7. The number of rotatable bonds is 4. The van der Waals surface area contributed by atoms with Gasteiger partial charge >= 0.3 is 11.5 Å². The van der Waals surface area contributed by atoms with E-state index in [1.54, 1.807) is 13.8 Å². The maximum absolute atomic E-state index is 14.0. The molecule has 160 valence electrons. The molecule has 0 fully saturated rings. The van der Waals surface area contributed by atoms with Crippen molar-refractivity contribution < 1.29 is 27.9 Å². The van der Waals surface area contributed by atoms with Gasteiger partial charge in [0, 0.05) is 11.6 Å². The molecule has 3 rings (SSSR count). The van der Waals surface area contributed by atoms with Gasteiger partial charge < -0.3 is 15.0 Å². The van der Waals surface area contributed by atoms with E-state index >= 15 is 0 Å². The molecule has 0 saturated heterocycles. The van der Waals surface area contributed by atoms with Gasteiger partial charge in [-0.25, -0.2) is 13.6 Å². The number of carbonyl (C=O) groups is 3. The second-order valence-corrected chi connectivity index (χ2v) is 7.15. The summed E-state index contributed by atoms with van der Waals surface area (Å²) in [6.45, 7) is 5.18. The van der Waals surface area contributed by atoms with Crippen LogP contribution in [0.2, 0.25) is 0 Å². The van der Waals surface area contributed by atoms with Gasteiger partial charge in [-0.05, 0) is 44.0 Å². The lowest BCUT2D eigenvalue weighted by atomic mass is 9.95. The van der Waals surface area contributed by atoms with Gasteiger partial charge in [0.2, 0.25) is 0 Å².